The number of rotatable bonds is 3. The standard InChI is InChI=1S/C12H15N3OS/c1-7-4-5-8(2)11-10(7)14-12(17-11)15(3)6-9(13)16/h4-5H,6H2,1-3H3,(H2,13,16). The number of likely N-dealkylation sites (N-methyl/N-ethyl adjacent to an activating group) is 1. The lowest BCUT2D eigenvalue weighted by Gasteiger charge is -2.12. The lowest BCUT2D eigenvalue weighted by atomic mass is 10.1. The van der Waals surface area contributed by atoms with Gasteiger partial charge in [0, 0.05) is 7.05 Å². The second-order valence-corrected chi connectivity index (χ2v) is 5.17. The predicted octanol–water partition coefficient (Wildman–Crippen LogP) is 1.83. The van der Waals surface area contributed by atoms with Gasteiger partial charge in [0.1, 0.15) is 0 Å². The van der Waals surface area contributed by atoms with Crippen LogP contribution in [0.3, 0.4) is 0 Å². The van der Waals surface area contributed by atoms with Gasteiger partial charge in [0.2, 0.25) is 5.91 Å². The van der Waals surface area contributed by atoms with Gasteiger partial charge in [0.25, 0.3) is 0 Å². The molecule has 0 bridgehead atoms. The molecule has 1 heterocycles. The Morgan fingerprint density at radius 2 is 2.06 bits per heavy atom. The van der Waals surface area contributed by atoms with Crippen molar-refractivity contribution >= 4 is 32.6 Å². The number of benzene rings is 1. The molecule has 0 aliphatic carbocycles. The molecule has 90 valence electrons. The third-order valence-corrected chi connectivity index (χ3v) is 3.96. The Kier molecular flexibility index (Phi) is 3.02. The largest absolute Gasteiger partial charge is 0.368 e. The summed E-state index contributed by atoms with van der Waals surface area (Å²) in [4.78, 5) is 17.2. The van der Waals surface area contributed by atoms with Gasteiger partial charge in [-0.1, -0.05) is 23.5 Å². The molecule has 0 unspecified atom stereocenters. The summed E-state index contributed by atoms with van der Waals surface area (Å²) in [6.07, 6.45) is 0. The van der Waals surface area contributed by atoms with Gasteiger partial charge in [-0.3, -0.25) is 4.79 Å². The minimum Gasteiger partial charge on any atom is -0.368 e. The van der Waals surface area contributed by atoms with Gasteiger partial charge in [0.05, 0.1) is 16.8 Å². The Morgan fingerprint density at radius 3 is 2.65 bits per heavy atom. The molecular formula is C12H15N3OS. The fourth-order valence-electron chi connectivity index (χ4n) is 1.71. The van der Waals surface area contributed by atoms with Crippen LogP contribution >= 0.6 is 11.3 Å². The predicted molar refractivity (Wildman–Crippen MR) is 71.6 cm³/mol. The highest BCUT2D eigenvalue weighted by Gasteiger charge is 2.12. The second kappa shape index (κ2) is 4.33. The van der Waals surface area contributed by atoms with E-state index in [1.165, 1.54) is 10.3 Å². The number of carbonyl (C=O) groups is 1. The number of aromatic nitrogens is 1. The molecule has 0 atom stereocenters. The third-order valence-electron chi connectivity index (χ3n) is 2.65. The minimum absolute atomic E-state index is 0.192. The summed E-state index contributed by atoms with van der Waals surface area (Å²) in [5.41, 5.74) is 8.56. The van der Waals surface area contributed by atoms with Crippen molar-refractivity contribution in [2.24, 2.45) is 5.73 Å². The fourth-order valence-corrected chi connectivity index (χ4v) is 2.78. The summed E-state index contributed by atoms with van der Waals surface area (Å²) in [6.45, 7) is 4.30. The topological polar surface area (TPSA) is 59.2 Å². The quantitative estimate of drug-likeness (QED) is 0.903. The smallest absolute Gasteiger partial charge is 0.237 e. The molecule has 4 nitrogen and oxygen atoms in total. The normalized spacial score (nSPS) is 10.8. The van der Waals surface area contributed by atoms with E-state index < -0.39 is 0 Å². The number of amides is 1. The van der Waals surface area contributed by atoms with Gasteiger partial charge in [-0.2, -0.15) is 0 Å². The number of fused-ring (bicyclic) bond motifs is 1. The Hall–Kier alpha value is -1.62. The summed E-state index contributed by atoms with van der Waals surface area (Å²) in [5, 5.41) is 0.830. The van der Waals surface area contributed by atoms with E-state index in [1.807, 2.05) is 14.0 Å². The summed E-state index contributed by atoms with van der Waals surface area (Å²) >= 11 is 1.60. The molecule has 2 aromatic rings. The number of hydrogen-bond acceptors (Lipinski definition) is 4. The van der Waals surface area contributed by atoms with Crippen molar-refractivity contribution in [2.45, 2.75) is 13.8 Å². The average molecular weight is 249 g/mol. The van der Waals surface area contributed by atoms with Gasteiger partial charge < -0.3 is 10.6 Å². The molecule has 1 amide bonds. The van der Waals surface area contributed by atoms with Crippen LogP contribution in [0.1, 0.15) is 11.1 Å². The maximum Gasteiger partial charge on any atom is 0.237 e. The van der Waals surface area contributed by atoms with Gasteiger partial charge in [-0.05, 0) is 25.0 Å². The number of nitrogens with two attached hydrogens (primary N) is 1. The van der Waals surface area contributed by atoms with Crippen LogP contribution in [0.5, 0.6) is 0 Å². The van der Waals surface area contributed by atoms with Crippen LogP contribution in [0.25, 0.3) is 10.2 Å². The maximum absolute atomic E-state index is 10.9. The van der Waals surface area contributed by atoms with E-state index in [-0.39, 0.29) is 12.5 Å². The van der Waals surface area contributed by atoms with Crippen molar-refractivity contribution in [3.8, 4) is 0 Å². The molecule has 0 aliphatic rings. The number of nitrogens with zero attached hydrogens (tertiary/aromatic N) is 2. The Morgan fingerprint density at radius 1 is 1.41 bits per heavy atom. The first-order valence-electron chi connectivity index (χ1n) is 5.35. The molecule has 0 aliphatic heterocycles. The molecule has 1 aromatic carbocycles. The molecule has 2 N–H and O–H groups in total. The van der Waals surface area contributed by atoms with Crippen molar-refractivity contribution < 1.29 is 4.79 Å². The monoisotopic (exact) mass is 249 g/mol. The van der Waals surface area contributed by atoms with Crippen molar-refractivity contribution in [1.82, 2.24) is 4.98 Å². The highest BCUT2D eigenvalue weighted by atomic mass is 32.1. The zero-order valence-corrected chi connectivity index (χ0v) is 11.0. The zero-order chi connectivity index (χ0) is 12.6. The summed E-state index contributed by atoms with van der Waals surface area (Å²) in [6, 6.07) is 4.16. The van der Waals surface area contributed by atoms with Crippen LogP contribution in [0.15, 0.2) is 12.1 Å². The van der Waals surface area contributed by atoms with E-state index in [9.17, 15) is 4.79 Å². The van der Waals surface area contributed by atoms with Crippen LogP contribution in [-0.4, -0.2) is 24.5 Å². The molecule has 0 saturated carbocycles. The molecule has 0 radical (unpaired) electrons. The number of thiazole rings is 1. The molecule has 5 heteroatoms. The van der Waals surface area contributed by atoms with Crippen molar-refractivity contribution in [1.29, 1.82) is 0 Å². The van der Waals surface area contributed by atoms with Crippen LogP contribution in [0.2, 0.25) is 0 Å². The Bertz CT molecular complexity index is 537. The van der Waals surface area contributed by atoms with Crippen molar-refractivity contribution in [3.05, 3.63) is 23.3 Å². The van der Waals surface area contributed by atoms with E-state index in [0.29, 0.717) is 0 Å². The van der Waals surface area contributed by atoms with E-state index >= 15 is 0 Å². The van der Waals surface area contributed by atoms with Crippen LogP contribution in [-0.2, 0) is 4.79 Å². The van der Waals surface area contributed by atoms with Gasteiger partial charge >= 0.3 is 0 Å². The molecule has 0 spiro atoms. The highest BCUT2D eigenvalue weighted by molar-refractivity contribution is 7.22. The second-order valence-electron chi connectivity index (χ2n) is 4.20. The number of anilines is 1. The Balaban J connectivity index is 2.47. The number of hydrogen-bond donors (Lipinski definition) is 1. The first-order valence-corrected chi connectivity index (χ1v) is 6.17. The number of carbonyl (C=O) groups excluding carboxylic acids is 1. The summed E-state index contributed by atoms with van der Waals surface area (Å²) < 4.78 is 1.18. The average Bonchev–Trinajstić information content (AvgIpc) is 2.68. The first kappa shape index (κ1) is 11.9. The minimum atomic E-state index is -0.347. The Labute approximate surface area is 104 Å². The SMILES string of the molecule is Cc1ccc(C)c2sc(N(C)CC(N)=O)nc12. The zero-order valence-electron chi connectivity index (χ0n) is 10.2. The number of primary amides is 1. The number of aryl methyl sites for hydroxylation is 2. The fraction of sp³-hybridized carbons (Fsp3) is 0.333. The molecular weight excluding hydrogens is 234 g/mol. The molecule has 2 rings (SSSR count). The van der Waals surface area contributed by atoms with E-state index in [4.69, 9.17) is 5.73 Å². The van der Waals surface area contributed by atoms with Gasteiger partial charge in [0.15, 0.2) is 5.13 Å². The first-order chi connectivity index (χ1) is 7.99. The van der Waals surface area contributed by atoms with E-state index in [0.717, 1.165) is 16.2 Å². The van der Waals surface area contributed by atoms with Crippen LogP contribution in [0, 0.1) is 13.8 Å². The lowest BCUT2D eigenvalue weighted by Crippen LogP contribution is -2.30. The van der Waals surface area contributed by atoms with Gasteiger partial charge in [-0.25, -0.2) is 4.98 Å². The molecule has 1 aromatic heterocycles. The van der Waals surface area contributed by atoms with Crippen molar-refractivity contribution in [2.75, 3.05) is 18.5 Å². The summed E-state index contributed by atoms with van der Waals surface area (Å²) in [5.74, 6) is -0.347. The van der Waals surface area contributed by atoms with Gasteiger partial charge in [-0.15, -0.1) is 0 Å². The van der Waals surface area contributed by atoms with Crippen LogP contribution < -0.4 is 10.6 Å². The van der Waals surface area contributed by atoms with E-state index in [2.05, 4.69) is 24.0 Å². The third kappa shape index (κ3) is 2.24. The lowest BCUT2D eigenvalue weighted by molar-refractivity contribution is -0.116. The molecule has 0 fully saturated rings. The van der Waals surface area contributed by atoms with Crippen molar-refractivity contribution in [3.63, 3.8) is 0 Å². The molecule has 17 heavy (non-hydrogen) atoms. The highest BCUT2D eigenvalue weighted by Crippen LogP contribution is 2.32. The molecule has 0 saturated heterocycles. The summed E-state index contributed by atoms with van der Waals surface area (Å²) in [7, 11) is 1.83. The maximum atomic E-state index is 10.9. The van der Waals surface area contributed by atoms with E-state index in [1.54, 1.807) is 16.2 Å². The van der Waals surface area contributed by atoms with Crippen LogP contribution in [0.4, 0.5) is 5.13 Å².